The molecule has 0 saturated carbocycles. The molecule has 0 saturated heterocycles. The van der Waals surface area contributed by atoms with Gasteiger partial charge in [0, 0.05) is 13.1 Å². The first-order chi connectivity index (χ1) is 6.75. The molecule has 0 aliphatic carbocycles. The molecule has 86 valence electrons. The van der Waals surface area contributed by atoms with E-state index in [1.165, 1.54) is 11.3 Å². The molecule has 0 aliphatic rings. The van der Waals surface area contributed by atoms with E-state index >= 15 is 0 Å². The summed E-state index contributed by atoms with van der Waals surface area (Å²) in [7, 11) is 0. The van der Waals surface area contributed by atoms with Gasteiger partial charge in [-0.1, -0.05) is 18.5 Å². The van der Waals surface area contributed by atoms with Gasteiger partial charge >= 0.3 is 0 Å². The first-order valence-corrected chi connectivity index (χ1v) is 5.73. The summed E-state index contributed by atoms with van der Waals surface area (Å²) in [4.78, 5) is 12.1. The Bertz CT molecular complexity index is 304. The summed E-state index contributed by atoms with van der Waals surface area (Å²) < 4.78 is 0. The van der Waals surface area contributed by atoms with E-state index in [1.807, 2.05) is 12.3 Å². The Hall–Kier alpha value is -0.290. The van der Waals surface area contributed by atoms with E-state index in [0.29, 0.717) is 16.4 Å². The van der Waals surface area contributed by atoms with Crippen LogP contribution in [0.1, 0.15) is 16.6 Å². The van der Waals surface area contributed by atoms with Gasteiger partial charge in [-0.25, -0.2) is 0 Å². The van der Waals surface area contributed by atoms with Crippen molar-refractivity contribution in [2.24, 2.45) is 0 Å². The maximum absolute atomic E-state index is 11.5. The van der Waals surface area contributed by atoms with E-state index in [2.05, 4.69) is 10.6 Å². The van der Waals surface area contributed by atoms with Crippen LogP contribution in [0, 0.1) is 0 Å². The zero-order valence-electron chi connectivity index (χ0n) is 8.38. The summed E-state index contributed by atoms with van der Waals surface area (Å²) >= 11 is 7.17. The highest BCUT2D eigenvalue weighted by Crippen LogP contribution is 2.21. The molecule has 0 atom stereocenters. The molecular weight excluding hydrogens is 255 g/mol. The molecule has 0 spiro atoms. The van der Waals surface area contributed by atoms with Gasteiger partial charge in [0.15, 0.2) is 0 Å². The zero-order valence-corrected chi connectivity index (χ0v) is 10.8. The van der Waals surface area contributed by atoms with Crippen molar-refractivity contribution in [3.63, 3.8) is 0 Å². The third-order valence-corrected chi connectivity index (χ3v) is 3.00. The van der Waals surface area contributed by atoms with Crippen molar-refractivity contribution in [1.29, 1.82) is 0 Å². The van der Waals surface area contributed by atoms with Crippen molar-refractivity contribution in [2.75, 3.05) is 19.6 Å². The normalized spacial score (nSPS) is 9.47. The van der Waals surface area contributed by atoms with Gasteiger partial charge in [-0.3, -0.25) is 4.79 Å². The summed E-state index contributed by atoms with van der Waals surface area (Å²) in [5.74, 6) is -0.0945. The van der Waals surface area contributed by atoms with Gasteiger partial charge in [-0.05, 0) is 18.0 Å². The Balaban J connectivity index is 0.00000196. The number of rotatable bonds is 5. The Kier molecular flexibility index (Phi) is 7.78. The molecule has 1 aromatic heterocycles. The number of carbonyl (C=O) groups is 1. The van der Waals surface area contributed by atoms with Crippen LogP contribution in [-0.4, -0.2) is 25.5 Å². The second-order valence-corrected chi connectivity index (χ2v) is 4.03. The van der Waals surface area contributed by atoms with Gasteiger partial charge in [0.1, 0.15) is 4.88 Å². The van der Waals surface area contributed by atoms with Crippen LogP contribution in [0.5, 0.6) is 0 Å². The van der Waals surface area contributed by atoms with Crippen LogP contribution >= 0.6 is 35.3 Å². The highest BCUT2D eigenvalue weighted by atomic mass is 35.5. The maximum atomic E-state index is 11.5. The van der Waals surface area contributed by atoms with Crippen LogP contribution in [0.25, 0.3) is 0 Å². The maximum Gasteiger partial charge on any atom is 0.262 e. The molecule has 1 aromatic rings. The molecule has 0 unspecified atom stereocenters. The standard InChI is InChI=1S/C9H13ClN2OS.ClH/c1-2-11-4-5-12-9(13)8-7(10)3-6-14-8;/h3,6,11H,2,4-5H2,1H3,(H,12,13);1H. The molecule has 0 bridgehead atoms. The molecule has 0 aliphatic heterocycles. The summed E-state index contributed by atoms with van der Waals surface area (Å²) in [6.07, 6.45) is 0. The van der Waals surface area contributed by atoms with Crippen LogP contribution in [-0.2, 0) is 0 Å². The van der Waals surface area contributed by atoms with Gasteiger partial charge in [0.2, 0.25) is 0 Å². The average molecular weight is 269 g/mol. The largest absolute Gasteiger partial charge is 0.350 e. The third-order valence-electron chi connectivity index (χ3n) is 1.66. The van der Waals surface area contributed by atoms with Crippen LogP contribution in [0.3, 0.4) is 0 Å². The molecule has 0 aromatic carbocycles. The Morgan fingerprint density at radius 3 is 2.80 bits per heavy atom. The summed E-state index contributed by atoms with van der Waals surface area (Å²) in [5, 5.41) is 8.24. The highest BCUT2D eigenvalue weighted by molar-refractivity contribution is 7.12. The van der Waals surface area contributed by atoms with Crippen LogP contribution in [0.15, 0.2) is 11.4 Å². The smallest absolute Gasteiger partial charge is 0.262 e. The van der Waals surface area contributed by atoms with Crippen LogP contribution in [0.2, 0.25) is 5.02 Å². The average Bonchev–Trinajstić information content (AvgIpc) is 2.59. The van der Waals surface area contributed by atoms with E-state index in [4.69, 9.17) is 11.6 Å². The van der Waals surface area contributed by atoms with E-state index in [-0.39, 0.29) is 18.3 Å². The number of likely N-dealkylation sites (N-methyl/N-ethyl adjacent to an activating group) is 1. The first-order valence-electron chi connectivity index (χ1n) is 4.47. The van der Waals surface area contributed by atoms with Gasteiger partial charge < -0.3 is 10.6 Å². The van der Waals surface area contributed by atoms with Crippen molar-refractivity contribution in [3.8, 4) is 0 Å². The Labute approximate surface area is 105 Å². The fourth-order valence-corrected chi connectivity index (χ4v) is 2.03. The zero-order chi connectivity index (χ0) is 10.4. The third kappa shape index (κ3) is 4.84. The lowest BCUT2D eigenvalue weighted by atomic mass is 10.4. The lowest BCUT2D eigenvalue weighted by Gasteiger charge is -2.03. The van der Waals surface area contributed by atoms with Crippen molar-refractivity contribution < 1.29 is 4.79 Å². The summed E-state index contributed by atoms with van der Waals surface area (Å²) in [5.41, 5.74) is 0. The Morgan fingerprint density at radius 1 is 1.53 bits per heavy atom. The van der Waals surface area contributed by atoms with Crippen LogP contribution < -0.4 is 10.6 Å². The van der Waals surface area contributed by atoms with Gasteiger partial charge in [0.05, 0.1) is 5.02 Å². The lowest BCUT2D eigenvalue weighted by molar-refractivity contribution is 0.0958. The molecule has 0 fully saturated rings. The van der Waals surface area contributed by atoms with E-state index in [9.17, 15) is 4.79 Å². The van der Waals surface area contributed by atoms with Crippen molar-refractivity contribution in [3.05, 3.63) is 21.3 Å². The molecule has 3 nitrogen and oxygen atoms in total. The number of carbonyl (C=O) groups excluding carboxylic acids is 1. The van der Waals surface area contributed by atoms with E-state index in [1.54, 1.807) is 6.07 Å². The van der Waals surface area contributed by atoms with Gasteiger partial charge in [-0.15, -0.1) is 23.7 Å². The number of halogens is 2. The minimum atomic E-state index is -0.0945. The fourth-order valence-electron chi connectivity index (χ4n) is 0.977. The predicted molar refractivity (Wildman–Crippen MR) is 67.5 cm³/mol. The molecule has 1 amide bonds. The highest BCUT2D eigenvalue weighted by Gasteiger charge is 2.10. The van der Waals surface area contributed by atoms with Gasteiger partial charge in [0.25, 0.3) is 5.91 Å². The summed E-state index contributed by atoms with van der Waals surface area (Å²) in [6.45, 7) is 4.35. The minimum absolute atomic E-state index is 0. The molecule has 15 heavy (non-hydrogen) atoms. The second-order valence-electron chi connectivity index (χ2n) is 2.71. The second kappa shape index (κ2) is 7.93. The van der Waals surface area contributed by atoms with Crippen molar-refractivity contribution >= 4 is 41.3 Å². The predicted octanol–water partition coefficient (Wildman–Crippen LogP) is 2.16. The molecule has 6 heteroatoms. The molecule has 2 N–H and O–H groups in total. The monoisotopic (exact) mass is 268 g/mol. The Morgan fingerprint density at radius 2 is 2.27 bits per heavy atom. The molecule has 0 radical (unpaired) electrons. The SMILES string of the molecule is CCNCCNC(=O)c1sccc1Cl.Cl. The first kappa shape index (κ1) is 14.7. The van der Waals surface area contributed by atoms with E-state index < -0.39 is 0 Å². The number of hydrogen-bond acceptors (Lipinski definition) is 3. The van der Waals surface area contributed by atoms with Crippen molar-refractivity contribution in [1.82, 2.24) is 10.6 Å². The molecule has 1 heterocycles. The number of hydrogen-bond donors (Lipinski definition) is 2. The fraction of sp³-hybridized carbons (Fsp3) is 0.444. The van der Waals surface area contributed by atoms with Gasteiger partial charge in [-0.2, -0.15) is 0 Å². The lowest BCUT2D eigenvalue weighted by Crippen LogP contribution is -2.31. The van der Waals surface area contributed by atoms with Crippen LogP contribution in [0.4, 0.5) is 0 Å². The minimum Gasteiger partial charge on any atom is -0.350 e. The number of nitrogens with one attached hydrogen (secondary N) is 2. The van der Waals surface area contributed by atoms with Crippen molar-refractivity contribution in [2.45, 2.75) is 6.92 Å². The number of thiophene rings is 1. The number of amides is 1. The molecule has 1 rings (SSSR count). The topological polar surface area (TPSA) is 41.1 Å². The van der Waals surface area contributed by atoms with E-state index in [0.717, 1.165) is 13.1 Å². The quantitative estimate of drug-likeness (QED) is 0.804. The summed E-state index contributed by atoms with van der Waals surface area (Å²) in [6, 6.07) is 1.73. The molecular formula is C9H14Cl2N2OS.